The molecule has 0 saturated carbocycles. The van der Waals surface area contributed by atoms with E-state index < -0.39 is 31.2 Å². The Morgan fingerprint density at radius 3 is 2.74 bits per heavy atom. The molecule has 3 heterocycles. The average molecular weight is 373 g/mol. The first kappa shape index (κ1) is 17.5. The number of hydrogen-bond acceptors (Lipinski definition) is 7. The molecule has 4 rings (SSSR count). The summed E-state index contributed by atoms with van der Waals surface area (Å²) in [4.78, 5) is 24.6. The van der Waals surface area contributed by atoms with Crippen LogP contribution in [0, 0.1) is 0 Å². The van der Waals surface area contributed by atoms with Crippen LogP contribution in [0.5, 0.6) is 0 Å². The Hall–Kier alpha value is -2.95. The molecule has 0 bridgehead atoms. The van der Waals surface area contributed by atoms with E-state index in [1.807, 2.05) is 0 Å². The Labute approximate surface area is 152 Å². The number of carbonyl (C=O) groups is 1. The molecule has 1 fully saturated rings. The molecule has 9 nitrogen and oxygen atoms in total. The third-order valence-corrected chi connectivity index (χ3v) is 4.37. The standard InChI is InChI=1S/C17H16FN5O4/c18-11-13(25)10(6-24)27-17(11)23-8-21-12-14(19-7-20-15(12)23)22-16(26)9-4-2-1-3-5-9/h1-5,7-8,10-11,13,17,24-25H,6H2,(H,19,20,22,26)/t10-,11-,13?,17-/m1/s1. The number of ether oxygens (including phenoxy) is 1. The predicted molar refractivity (Wildman–Crippen MR) is 91.6 cm³/mol. The SMILES string of the molecule is O=C(Nc1ncnc2c1ncn2[C@@H]1O[C@H](CO)C(O)[C@H]1F)c1ccccc1. The molecule has 0 spiro atoms. The lowest BCUT2D eigenvalue weighted by Gasteiger charge is -2.15. The number of halogens is 1. The molecule has 0 radical (unpaired) electrons. The van der Waals surface area contributed by atoms with Gasteiger partial charge in [-0.2, -0.15) is 0 Å². The minimum Gasteiger partial charge on any atom is -0.394 e. The van der Waals surface area contributed by atoms with Gasteiger partial charge in [0.15, 0.2) is 29.4 Å². The molecule has 3 aromatic rings. The second-order valence-electron chi connectivity index (χ2n) is 6.05. The van der Waals surface area contributed by atoms with Crippen molar-refractivity contribution in [1.82, 2.24) is 19.5 Å². The van der Waals surface area contributed by atoms with Crippen molar-refractivity contribution in [2.45, 2.75) is 24.6 Å². The van der Waals surface area contributed by atoms with Crippen molar-refractivity contribution in [3.05, 3.63) is 48.5 Å². The van der Waals surface area contributed by atoms with Crippen LogP contribution in [-0.4, -0.2) is 60.6 Å². The number of aliphatic hydroxyl groups excluding tert-OH is 2. The summed E-state index contributed by atoms with van der Waals surface area (Å²) in [5, 5.41) is 21.7. The van der Waals surface area contributed by atoms with Crippen molar-refractivity contribution >= 4 is 22.9 Å². The van der Waals surface area contributed by atoms with Crippen molar-refractivity contribution < 1.29 is 24.1 Å². The van der Waals surface area contributed by atoms with E-state index in [1.54, 1.807) is 30.3 Å². The Balaban J connectivity index is 1.65. The van der Waals surface area contributed by atoms with Gasteiger partial charge in [0, 0.05) is 5.56 Å². The maximum Gasteiger partial charge on any atom is 0.256 e. The molecule has 10 heteroatoms. The van der Waals surface area contributed by atoms with Crippen molar-refractivity contribution in [1.29, 1.82) is 0 Å². The number of anilines is 1. The maximum absolute atomic E-state index is 14.4. The lowest BCUT2D eigenvalue weighted by molar-refractivity contribution is -0.0459. The van der Waals surface area contributed by atoms with Crippen molar-refractivity contribution in [3.63, 3.8) is 0 Å². The molecule has 4 atom stereocenters. The van der Waals surface area contributed by atoms with Crippen LogP contribution >= 0.6 is 0 Å². The van der Waals surface area contributed by atoms with Crippen LogP contribution in [0.2, 0.25) is 0 Å². The normalized spacial score (nSPS) is 25.0. The zero-order valence-electron chi connectivity index (χ0n) is 13.9. The Bertz CT molecular complexity index is 966. The second kappa shape index (κ2) is 6.99. The van der Waals surface area contributed by atoms with Gasteiger partial charge in [-0.15, -0.1) is 0 Å². The second-order valence-corrected chi connectivity index (χ2v) is 6.05. The maximum atomic E-state index is 14.4. The van der Waals surface area contributed by atoms with E-state index in [-0.39, 0.29) is 22.9 Å². The van der Waals surface area contributed by atoms with Gasteiger partial charge in [0.25, 0.3) is 5.91 Å². The molecule has 1 unspecified atom stereocenters. The van der Waals surface area contributed by atoms with Crippen molar-refractivity contribution in [3.8, 4) is 0 Å². The largest absolute Gasteiger partial charge is 0.394 e. The van der Waals surface area contributed by atoms with Gasteiger partial charge < -0.3 is 20.3 Å². The van der Waals surface area contributed by atoms with Crippen LogP contribution in [0.3, 0.4) is 0 Å². The molecule has 140 valence electrons. The Morgan fingerprint density at radius 1 is 1.26 bits per heavy atom. The van der Waals surface area contributed by atoms with Gasteiger partial charge in [-0.1, -0.05) is 18.2 Å². The van der Waals surface area contributed by atoms with E-state index in [0.717, 1.165) is 0 Å². The number of rotatable bonds is 4. The highest BCUT2D eigenvalue weighted by Gasteiger charge is 2.45. The highest BCUT2D eigenvalue weighted by molar-refractivity contribution is 6.06. The summed E-state index contributed by atoms with van der Waals surface area (Å²) < 4.78 is 21.1. The van der Waals surface area contributed by atoms with E-state index >= 15 is 0 Å². The van der Waals surface area contributed by atoms with Crippen LogP contribution in [0.4, 0.5) is 10.2 Å². The molecule has 1 saturated heterocycles. The first-order valence-corrected chi connectivity index (χ1v) is 8.22. The highest BCUT2D eigenvalue weighted by atomic mass is 19.1. The van der Waals surface area contributed by atoms with E-state index in [0.29, 0.717) is 5.56 Å². The quantitative estimate of drug-likeness (QED) is 0.614. The number of carbonyl (C=O) groups excluding carboxylic acids is 1. The van der Waals surface area contributed by atoms with Crippen LogP contribution in [-0.2, 0) is 4.74 Å². The zero-order chi connectivity index (χ0) is 19.0. The van der Waals surface area contributed by atoms with E-state index in [1.165, 1.54) is 17.2 Å². The number of imidazole rings is 1. The van der Waals surface area contributed by atoms with Gasteiger partial charge >= 0.3 is 0 Å². The summed E-state index contributed by atoms with van der Waals surface area (Å²) in [5.74, 6) is -0.207. The number of fused-ring (bicyclic) bond motifs is 1. The van der Waals surface area contributed by atoms with Gasteiger partial charge in [-0.05, 0) is 12.1 Å². The molecule has 1 amide bonds. The minimum atomic E-state index is -1.77. The predicted octanol–water partition coefficient (Wildman–Crippen LogP) is 0.667. The highest BCUT2D eigenvalue weighted by Crippen LogP contribution is 2.34. The number of alkyl halides is 1. The summed E-state index contributed by atoms with van der Waals surface area (Å²) in [6.07, 6.45) is -2.96. The van der Waals surface area contributed by atoms with Crippen LogP contribution in [0.15, 0.2) is 43.0 Å². The molecule has 2 aromatic heterocycles. The first-order chi connectivity index (χ1) is 13.1. The molecule has 3 N–H and O–H groups in total. The Morgan fingerprint density at radius 2 is 2.04 bits per heavy atom. The molecule has 0 aliphatic carbocycles. The summed E-state index contributed by atoms with van der Waals surface area (Å²) in [6.45, 7) is -0.516. The number of hydrogen-bond donors (Lipinski definition) is 3. The lowest BCUT2D eigenvalue weighted by Crippen LogP contribution is -2.30. The summed E-state index contributed by atoms with van der Waals surface area (Å²) >= 11 is 0. The molecule has 1 aromatic carbocycles. The molecule has 27 heavy (non-hydrogen) atoms. The molecular weight excluding hydrogens is 357 g/mol. The van der Waals surface area contributed by atoms with Gasteiger partial charge in [-0.3, -0.25) is 9.36 Å². The van der Waals surface area contributed by atoms with Gasteiger partial charge in [0.05, 0.1) is 12.9 Å². The van der Waals surface area contributed by atoms with Gasteiger partial charge in [-0.25, -0.2) is 19.3 Å². The number of aliphatic hydroxyl groups is 2. The zero-order valence-corrected chi connectivity index (χ0v) is 13.9. The number of nitrogens with zero attached hydrogens (tertiary/aromatic N) is 4. The van der Waals surface area contributed by atoms with Crippen molar-refractivity contribution in [2.24, 2.45) is 0 Å². The summed E-state index contributed by atoms with van der Waals surface area (Å²) in [6, 6.07) is 8.58. The van der Waals surface area contributed by atoms with Crippen LogP contribution in [0.25, 0.3) is 11.2 Å². The fraction of sp³-hybridized carbons (Fsp3) is 0.294. The topological polar surface area (TPSA) is 122 Å². The van der Waals surface area contributed by atoms with Crippen molar-refractivity contribution in [2.75, 3.05) is 11.9 Å². The van der Waals surface area contributed by atoms with Gasteiger partial charge in [0.2, 0.25) is 0 Å². The van der Waals surface area contributed by atoms with Crippen LogP contribution in [0.1, 0.15) is 16.6 Å². The third kappa shape index (κ3) is 3.03. The van der Waals surface area contributed by atoms with E-state index in [2.05, 4.69) is 20.3 Å². The third-order valence-electron chi connectivity index (χ3n) is 4.37. The number of amides is 1. The summed E-state index contributed by atoms with van der Waals surface area (Å²) in [7, 11) is 0. The fourth-order valence-electron chi connectivity index (χ4n) is 2.98. The van der Waals surface area contributed by atoms with Gasteiger partial charge in [0.1, 0.15) is 18.5 Å². The smallest absolute Gasteiger partial charge is 0.256 e. The number of aromatic nitrogens is 4. The van der Waals surface area contributed by atoms with E-state index in [9.17, 15) is 19.4 Å². The molecule has 1 aliphatic heterocycles. The van der Waals surface area contributed by atoms with E-state index in [4.69, 9.17) is 4.74 Å². The molecular formula is C17H16FN5O4. The number of benzene rings is 1. The van der Waals surface area contributed by atoms with Crippen LogP contribution < -0.4 is 5.32 Å². The average Bonchev–Trinajstić information content (AvgIpc) is 3.25. The monoisotopic (exact) mass is 373 g/mol. The molecule has 1 aliphatic rings. The first-order valence-electron chi connectivity index (χ1n) is 8.22. The fourth-order valence-corrected chi connectivity index (χ4v) is 2.98. The lowest BCUT2D eigenvalue weighted by atomic mass is 10.1. The summed E-state index contributed by atoms with van der Waals surface area (Å²) in [5.41, 5.74) is 0.923. The number of nitrogens with one attached hydrogen (secondary N) is 1. The minimum absolute atomic E-state index is 0.167. The Kier molecular flexibility index (Phi) is 4.52.